The number of nitrogens with one attached hydrogen (secondary N) is 1. The molecule has 1 aliphatic heterocycles. The monoisotopic (exact) mass is 541 g/mol. The van der Waals surface area contributed by atoms with Gasteiger partial charge < -0.3 is 10.2 Å². The molecule has 0 spiro atoms. The molecule has 2 amide bonds. The van der Waals surface area contributed by atoms with Crippen molar-refractivity contribution in [2.75, 3.05) is 11.9 Å². The van der Waals surface area contributed by atoms with Crippen molar-refractivity contribution in [3.8, 4) is 0 Å². The van der Waals surface area contributed by atoms with Crippen molar-refractivity contribution >= 4 is 23.2 Å². The lowest BCUT2D eigenvalue weighted by Gasteiger charge is -2.27. The zero-order chi connectivity index (χ0) is 28.4. The van der Waals surface area contributed by atoms with Crippen molar-refractivity contribution in [1.82, 2.24) is 5.32 Å². The van der Waals surface area contributed by atoms with Crippen LogP contribution >= 0.6 is 0 Å². The van der Waals surface area contributed by atoms with E-state index in [1.54, 1.807) is 14.0 Å². The molecule has 4 aromatic rings. The van der Waals surface area contributed by atoms with E-state index >= 15 is 0 Å². The van der Waals surface area contributed by atoms with Gasteiger partial charge in [-0.3, -0.25) is 9.59 Å². The second kappa shape index (κ2) is 11.2. The molecule has 5 nitrogen and oxygen atoms in total. The number of aliphatic imine (C=N–C) groups is 1. The van der Waals surface area contributed by atoms with E-state index in [1.807, 2.05) is 54.6 Å². The Morgan fingerprint density at radius 1 is 0.850 bits per heavy atom. The van der Waals surface area contributed by atoms with E-state index in [0.717, 1.165) is 23.3 Å². The van der Waals surface area contributed by atoms with Gasteiger partial charge in [0.05, 0.1) is 17.3 Å². The van der Waals surface area contributed by atoms with Gasteiger partial charge in [-0.1, -0.05) is 73.7 Å². The standard InChI is InChI=1S/C32H26F3N3O2/c1-19(22-14-17-25(34)26(35)18-22)28(20-12-15-23(33)16-13-20)31(39)37-30-32(40)38(2)27-11-7-6-10-24(27)29(36-30)21-8-4-3-5-9-21/h3-19,28,30H,1-2H3,(H,37,39)/t19-,28-,30+/m0/s1. The minimum absolute atomic E-state index is 0.369. The predicted octanol–water partition coefficient (Wildman–Crippen LogP) is 5.95. The summed E-state index contributed by atoms with van der Waals surface area (Å²) in [5.41, 5.74) is 3.48. The molecule has 40 heavy (non-hydrogen) atoms. The van der Waals surface area contributed by atoms with Crippen LogP contribution in [0.3, 0.4) is 0 Å². The Hall–Kier alpha value is -4.72. The number of hydrogen-bond acceptors (Lipinski definition) is 3. The number of amides is 2. The summed E-state index contributed by atoms with van der Waals surface area (Å²) in [6.07, 6.45) is -1.28. The van der Waals surface area contributed by atoms with Gasteiger partial charge in [0.15, 0.2) is 11.6 Å². The van der Waals surface area contributed by atoms with Gasteiger partial charge in [-0.25, -0.2) is 18.2 Å². The highest BCUT2D eigenvalue weighted by atomic mass is 19.2. The Bertz CT molecular complexity index is 1590. The van der Waals surface area contributed by atoms with Crippen LogP contribution in [0.5, 0.6) is 0 Å². The first-order valence-electron chi connectivity index (χ1n) is 12.8. The van der Waals surface area contributed by atoms with Crippen LogP contribution in [0.2, 0.25) is 0 Å². The SMILES string of the molecule is C[C@@H](c1ccc(F)c(F)c1)[C@H](C(=O)N[C@H]1N=C(c2ccccc2)c2ccccc2N(C)C1=O)c1ccc(F)cc1. The number of fused-ring (bicyclic) bond motifs is 1. The van der Waals surface area contributed by atoms with Crippen LogP contribution in [0.25, 0.3) is 0 Å². The normalized spacial score (nSPS) is 16.4. The fourth-order valence-corrected chi connectivity index (χ4v) is 4.99. The maximum absolute atomic E-state index is 14.1. The van der Waals surface area contributed by atoms with E-state index in [9.17, 15) is 22.8 Å². The Kier molecular flexibility index (Phi) is 7.51. The van der Waals surface area contributed by atoms with E-state index in [1.165, 1.54) is 35.2 Å². The summed E-state index contributed by atoms with van der Waals surface area (Å²) in [5.74, 6) is -5.19. The largest absolute Gasteiger partial charge is 0.326 e. The van der Waals surface area contributed by atoms with Gasteiger partial charge in [0.25, 0.3) is 5.91 Å². The third-order valence-electron chi connectivity index (χ3n) is 7.15. The number of hydrogen-bond donors (Lipinski definition) is 1. The molecule has 3 atom stereocenters. The molecule has 0 bridgehead atoms. The van der Waals surface area contributed by atoms with Gasteiger partial charge in [-0.05, 0) is 47.4 Å². The van der Waals surface area contributed by atoms with E-state index in [-0.39, 0.29) is 0 Å². The molecule has 1 N–H and O–H groups in total. The second-order valence-corrected chi connectivity index (χ2v) is 9.66. The Morgan fingerprint density at radius 3 is 2.20 bits per heavy atom. The van der Waals surface area contributed by atoms with Gasteiger partial charge in [0.2, 0.25) is 12.1 Å². The summed E-state index contributed by atoms with van der Waals surface area (Å²) in [4.78, 5) is 33.7. The number of likely N-dealkylation sites (N-methyl/N-ethyl adjacent to an activating group) is 1. The summed E-state index contributed by atoms with van der Waals surface area (Å²) in [5, 5.41) is 2.78. The zero-order valence-electron chi connectivity index (χ0n) is 21.8. The smallest absolute Gasteiger partial charge is 0.272 e. The molecule has 0 radical (unpaired) electrons. The molecular formula is C32H26F3N3O2. The van der Waals surface area contributed by atoms with Crippen LogP contribution in [-0.4, -0.2) is 30.7 Å². The molecule has 1 aliphatic rings. The molecule has 202 valence electrons. The van der Waals surface area contributed by atoms with Crippen LogP contribution in [0.4, 0.5) is 18.9 Å². The molecule has 0 aromatic heterocycles. The van der Waals surface area contributed by atoms with E-state index in [2.05, 4.69) is 5.32 Å². The van der Waals surface area contributed by atoms with Gasteiger partial charge >= 0.3 is 0 Å². The van der Waals surface area contributed by atoms with Crippen molar-refractivity contribution in [1.29, 1.82) is 0 Å². The van der Waals surface area contributed by atoms with Crippen molar-refractivity contribution in [3.63, 3.8) is 0 Å². The minimum Gasteiger partial charge on any atom is -0.326 e. The molecule has 8 heteroatoms. The summed E-state index contributed by atoms with van der Waals surface area (Å²) in [6.45, 7) is 1.69. The van der Waals surface area contributed by atoms with E-state index in [0.29, 0.717) is 22.5 Å². The number of halogens is 3. The van der Waals surface area contributed by atoms with Crippen LogP contribution in [0.15, 0.2) is 102 Å². The number of rotatable bonds is 6. The van der Waals surface area contributed by atoms with Crippen LogP contribution < -0.4 is 10.2 Å². The van der Waals surface area contributed by atoms with E-state index < -0.39 is 47.3 Å². The number of para-hydroxylation sites is 1. The number of benzene rings is 4. The molecule has 0 unspecified atom stereocenters. The lowest BCUT2D eigenvalue weighted by Crippen LogP contribution is -2.48. The van der Waals surface area contributed by atoms with Crippen molar-refractivity contribution in [3.05, 3.63) is 137 Å². The molecule has 0 saturated heterocycles. The molecule has 0 fully saturated rings. The summed E-state index contributed by atoms with van der Waals surface area (Å²) < 4.78 is 41.5. The molecule has 5 rings (SSSR count). The van der Waals surface area contributed by atoms with Gasteiger partial charge in [0.1, 0.15) is 5.82 Å². The average molecular weight is 542 g/mol. The van der Waals surface area contributed by atoms with Gasteiger partial charge in [-0.2, -0.15) is 0 Å². The van der Waals surface area contributed by atoms with Crippen LogP contribution in [0.1, 0.15) is 41.0 Å². The van der Waals surface area contributed by atoms with Crippen molar-refractivity contribution in [2.24, 2.45) is 4.99 Å². The fraction of sp³-hybridized carbons (Fsp3) is 0.156. The topological polar surface area (TPSA) is 61.8 Å². The highest BCUT2D eigenvalue weighted by molar-refractivity contribution is 6.20. The summed E-state index contributed by atoms with van der Waals surface area (Å²) in [6, 6.07) is 25.5. The maximum atomic E-state index is 14.1. The lowest BCUT2D eigenvalue weighted by atomic mass is 9.82. The first-order valence-corrected chi connectivity index (χ1v) is 12.8. The molecular weight excluding hydrogens is 515 g/mol. The van der Waals surface area contributed by atoms with E-state index in [4.69, 9.17) is 4.99 Å². The minimum atomic E-state index is -1.28. The number of carbonyl (C=O) groups excluding carboxylic acids is 2. The fourth-order valence-electron chi connectivity index (χ4n) is 4.99. The Balaban J connectivity index is 1.56. The van der Waals surface area contributed by atoms with Crippen molar-refractivity contribution in [2.45, 2.75) is 24.9 Å². The zero-order valence-corrected chi connectivity index (χ0v) is 21.8. The first-order chi connectivity index (χ1) is 19.2. The number of anilines is 1. The van der Waals surface area contributed by atoms with Crippen LogP contribution in [-0.2, 0) is 9.59 Å². The van der Waals surface area contributed by atoms with Gasteiger partial charge in [-0.15, -0.1) is 0 Å². The van der Waals surface area contributed by atoms with Crippen molar-refractivity contribution < 1.29 is 22.8 Å². The third kappa shape index (κ3) is 5.25. The highest BCUT2D eigenvalue weighted by Gasteiger charge is 2.35. The average Bonchev–Trinajstić information content (AvgIpc) is 3.06. The third-order valence-corrected chi connectivity index (χ3v) is 7.15. The molecule has 1 heterocycles. The second-order valence-electron chi connectivity index (χ2n) is 9.66. The summed E-state index contributed by atoms with van der Waals surface area (Å²) in [7, 11) is 1.62. The van der Waals surface area contributed by atoms with Crippen LogP contribution in [0, 0.1) is 17.5 Å². The molecule has 0 aliphatic carbocycles. The van der Waals surface area contributed by atoms with Gasteiger partial charge in [0, 0.05) is 18.2 Å². The maximum Gasteiger partial charge on any atom is 0.272 e. The quantitative estimate of drug-likeness (QED) is 0.328. The summed E-state index contributed by atoms with van der Waals surface area (Å²) >= 11 is 0. The Morgan fingerprint density at radius 2 is 1.50 bits per heavy atom. The highest BCUT2D eigenvalue weighted by Crippen LogP contribution is 2.34. The molecule has 4 aromatic carbocycles. The number of carbonyl (C=O) groups is 2. The first kappa shape index (κ1) is 26.9. The number of nitrogens with zero attached hydrogens (tertiary/aromatic N) is 2. The Labute approximate surface area is 230 Å². The number of benzodiazepines with no additional fused rings is 1. The molecule has 0 saturated carbocycles. The predicted molar refractivity (Wildman–Crippen MR) is 148 cm³/mol. The lowest BCUT2D eigenvalue weighted by molar-refractivity contribution is -0.128.